The summed E-state index contributed by atoms with van der Waals surface area (Å²) in [6, 6.07) is 12.2. The molecule has 6 heteroatoms. The summed E-state index contributed by atoms with van der Waals surface area (Å²) < 4.78 is 27.0. The lowest BCUT2D eigenvalue weighted by molar-refractivity contribution is 0.192. The molecule has 1 aliphatic heterocycles. The van der Waals surface area contributed by atoms with E-state index < -0.39 is 5.54 Å². The zero-order chi connectivity index (χ0) is 21.0. The zero-order valence-electron chi connectivity index (χ0n) is 17.1. The summed E-state index contributed by atoms with van der Waals surface area (Å²) >= 11 is 0. The highest BCUT2D eigenvalue weighted by atomic mass is 19.1. The fraction of sp³-hybridized carbons (Fsp3) is 0.391. The van der Waals surface area contributed by atoms with E-state index >= 15 is 0 Å². The normalized spacial score (nSPS) is 16.7. The monoisotopic (exact) mass is 399 g/mol. The number of urea groups is 1. The third kappa shape index (κ3) is 5.00. The Morgan fingerprint density at radius 3 is 2.55 bits per heavy atom. The molecule has 2 aromatic rings. The van der Waals surface area contributed by atoms with Crippen LogP contribution in [0.3, 0.4) is 0 Å². The highest BCUT2D eigenvalue weighted by Crippen LogP contribution is 2.29. The summed E-state index contributed by atoms with van der Waals surface area (Å²) in [5.74, 6) is -0.729. The summed E-state index contributed by atoms with van der Waals surface area (Å²) in [6.45, 7) is 6.19. The maximum atomic E-state index is 13.7. The first-order valence-electron chi connectivity index (χ1n) is 9.98. The number of benzene rings is 2. The molecule has 0 radical (unpaired) electrons. The van der Waals surface area contributed by atoms with E-state index in [1.807, 2.05) is 19.9 Å². The van der Waals surface area contributed by atoms with Gasteiger partial charge < -0.3 is 5.32 Å². The summed E-state index contributed by atoms with van der Waals surface area (Å²) in [7, 11) is 0. The SMILES string of the molecule is CCCCC1=NN(C(=O)NC(C)(C)c2ccc(F)cc2)CC1c1cccc(F)c1. The molecular weight excluding hydrogens is 372 g/mol. The van der Waals surface area contributed by atoms with Crippen LogP contribution in [-0.4, -0.2) is 23.3 Å². The number of carbonyl (C=O) groups excluding carboxylic acids is 1. The van der Waals surface area contributed by atoms with Crippen LogP contribution in [0.2, 0.25) is 0 Å². The first-order valence-corrected chi connectivity index (χ1v) is 9.98. The maximum absolute atomic E-state index is 13.7. The Labute approximate surface area is 170 Å². The molecule has 3 rings (SSSR count). The van der Waals surface area contributed by atoms with Gasteiger partial charge in [-0.1, -0.05) is 37.6 Å². The first-order chi connectivity index (χ1) is 13.8. The van der Waals surface area contributed by atoms with Gasteiger partial charge >= 0.3 is 6.03 Å². The van der Waals surface area contributed by atoms with Crippen LogP contribution < -0.4 is 5.32 Å². The summed E-state index contributed by atoms with van der Waals surface area (Å²) in [5.41, 5.74) is 1.82. The van der Waals surface area contributed by atoms with Gasteiger partial charge in [0.15, 0.2) is 0 Å². The van der Waals surface area contributed by atoms with Crippen LogP contribution in [0.1, 0.15) is 57.1 Å². The molecule has 1 unspecified atom stereocenters. The molecule has 0 bridgehead atoms. The summed E-state index contributed by atoms with van der Waals surface area (Å²) in [4.78, 5) is 12.9. The molecule has 29 heavy (non-hydrogen) atoms. The van der Waals surface area contributed by atoms with Crippen molar-refractivity contribution in [3.63, 3.8) is 0 Å². The van der Waals surface area contributed by atoms with Crippen molar-refractivity contribution in [1.82, 2.24) is 10.3 Å². The average Bonchev–Trinajstić information content (AvgIpc) is 3.11. The molecule has 1 heterocycles. The Morgan fingerprint density at radius 2 is 1.90 bits per heavy atom. The molecule has 2 amide bonds. The van der Waals surface area contributed by atoms with Crippen LogP contribution in [0.4, 0.5) is 13.6 Å². The fourth-order valence-corrected chi connectivity index (χ4v) is 3.55. The van der Waals surface area contributed by atoms with E-state index in [-0.39, 0.29) is 23.6 Å². The second-order valence-electron chi connectivity index (χ2n) is 7.95. The van der Waals surface area contributed by atoms with Crippen molar-refractivity contribution in [3.05, 3.63) is 71.3 Å². The Kier molecular flexibility index (Phi) is 6.30. The second kappa shape index (κ2) is 8.72. The van der Waals surface area contributed by atoms with E-state index in [1.54, 1.807) is 18.2 Å². The quantitative estimate of drug-likeness (QED) is 0.680. The third-order valence-corrected chi connectivity index (χ3v) is 5.26. The highest BCUT2D eigenvalue weighted by Gasteiger charge is 2.33. The van der Waals surface area contributed by atoms with E-state index in [1.165, 1.54) is 29.3 Å². The Bertz CT molecular complexity index is 893. The number of nitrogens with zero attached hydrogens (tertiary/aromatic N) is 2. The average molecular weight is 399 g/mol. The van der Waals surface area contributed by atoms with Gasteiger partial charge in [-0.2, -0.15) is 5.10 Å². The minimum absolute atomic E-state index is 0.114. The van der Waals surface area contributed by atoms with E-state index in [2.05, 4.69) is 17.3 Å². The minimum atomic E-state index is -0.694. The third-order valence-electron chi connectivity index (χ3n) is 5.26. The van der Waals surface area contributed by atoms with Crippen molar-refractivity contribution in [2.75, 3.05) is 6.54 Å². The van der Waals surface area contributed by atoms with Crippen molar-refractivity contribution >= 4 is 11.7 Å². The fourth-order valence-electron chi connectivity index (χ4n) is 3.55. The standard InChI is InChI=1S/C23H27F2N3O/c1-4-5-9-21-20(16-7-6-8-19(25)14-16)15-28(27-21)22(29)26-23(2,3)17-10-12-18(24)13-11-17/h6-8,10-14,20H,4-5,9,15H2,1-3H3,(H,26,29). The van der Waals surface area contributed by atoms with Gasteiger partial charge in [0.1, 0.15) is 11.6 Å². The van der Waals surface area contributed by atoms with Gasteiger partial charge in [0.25, 0.3) is 0 Å². The summed E-state index contributed by atoms with van der Waals surface area (Å²) in [6.07, 6.45) is 2.74. The number of nitrogens with one attached hydrogen (secondary N) is 1. The van der Waals surface area contributed by atoms with Crippen molar-refractivity contribution < 1.29 is 13.6 Å². The van der Waals surface area contributed by atoms with E-state index in [0.717, 1.165) is 36.1 Å². The topological polar surface area (TPSA) is 44.7 Å². The molecule has 0 spiro atoms. The van der Waals surface area contributed by atoms with E-state index in [0.29, 0.717) is 6.54 Å². The van der Waals surface area contributed by atoms with Gasteiger partial charge in [0.2, 0.25) is 0 Å². The minimum Gasteiger partial charge on any atom is -0.328 e. The zero-order valence-corrected chi connectivity index (χ0v) is 17.1. The van der Waals surface area contributed by atoms with Crippen molar-refractivity contribution in [2.45, 2.75) is 51.5 Å². The van der Waals surface area contributed by atoms with Crippen LogP contribution in [-0.2, 0) is 5.54 Å². The number of hydrazone groups is 1. The van der Waals surface area contributed by atoms with Gasteiger partial charge in [-0.05, 0) is 62.1 Å². The van der Waals surface area contributed by atoms with Gasteiger partial charge in [0.05, 0.1) is 12.1 Å². The van der Waals surface area contributed by atoms with Crippen molar-refractivity contribution in [2.24, 2.45) is 5.10 Å². The largest absolute Gasteiger partial charge is 0.338 e. The number of carbonyl (C=O) groups is 1. The van der Waals surface area contributed by atoms with E-state index in [9.17, 15) is 13.6 Å². The van der Waals surface area contributed by atoms with Crippen molar-refractivity contribution in [1.29, 1.82) is 0 Å². The van der Waals surface area contributed by atoms with Crippen LogP contribution >= 0.6 is 0 Å². The molecule has 0 aromatic heterocycles. The number of hydrogen-bond acceptors (Lipinski definition) is 2. The molecule has 4 nitrogen and oxygen atoms in total. The van der Waals surface area contributed by atoms with Gasteiger partial charge in [-0.3, -0.25) is 0 Å². The smallest absolute Gasteiger partial charge is 0.328 e. The van der Waals surface area contributed by atoms with Crippen LogP contribution in [0.5, 0.6) is 0 Å². The van der Waals surface area contributed by atoms with Gasteiger partial charge in [-0.15, -0.1) is 0 Å². The lowest BCUT2D eigenvalue weighted by Crippen LogP contribution is -2.46. The Hall–Kier alpha value is -2.76. The number of halogens is 2. The molecule has 154 valence electrons. The lowest BCUT2D eigenvalue weighted by atomic mass is 9.92. The lowest BCUT2D eigenvalue weighted by Gasteiger charge is -2.28. The second-order valence-corrected chi connectivity index (χ2v) is 7.95. The predicted octanol–water partition coefficient (Wildman–Crippen LogP) is 5.56. The Balaban J connectivity index is 1.77. The number of hydrogen-bond donors (Lipinski definition) is 1. The van der Waals surface area contributed by atoms with Gasteiger partial charge in [0, 0.05) is 11.6 Å². The Morgan fingerprint density at radius 1 is 1.17 bits per heavy atom. The molecular formula is C23H27F2N3O. The molecule has 1 N–H and O–H groups in total. The molecule has 1 atom stereocenters. The molecule has 1 aliphatic rings. The number of amides is 2. The summed E-state index contributed by atoms with van der Waals surface area (Å²) in [5, 5.41) is 8.96. The first kappa shape index (κ1) is 21.0. The molecule has 0 saturated carbocycles. The van der Waals surface area contributed by atoms with Gasteiger partial charge in [-0.25, -0.2) is 18.6 Å². The molecule has 0 fully saturated rings. The van der Waals surface area contributed by atoms with Crippen molar-refractivity contribution in [3.8, 4) is 0 Å². The predicted molar refractivity (Wildman–Crippen MR) is 111 cm³/mol. The highest BCUT2D eigenvalue weighted by molar-refractivity contribution is 5.94. The number of rotatable bonds is 6. The molecule has 0 aliphatic carbocycles. The molecule has 0 saturated heterocycles. The van der Waals surface area contributed by atoms with Crippen LogP contribution in [0.15, 0.2) is 53.6 Å². The maximum Gasteiger partial charge on any atom is 0.338 e. The molecule has 2 aromatic carbocycles. The van der Waals surface area contributed by atoms with E-state index in [4.69, 9.17) is 0 Å². The number of unbranched alkanes of at least 4 members (excludes halogenated alkanes) is 1. The van der Waals surface area contributed by atoms with Crippen LogP contribution in [0, 0.1) is 11.6 Å². The van der Waals surface area contributed by atoms with Crippen LogP contribution in [0.25, 0.3) is 0 Å².